The largest absolute Gasteiger partial charge is 0.381 e. The second kappa shape index (κ2) is 38.2. The van der Waals surface area contributed by atoms with Gasteiger partial charge in [0.05, 0.1) is 41.9 Å². The molecule has 2 saturated heterocycles. The number of carbonyl (C=O) groups excluding carboxylic acids is 1. The topological polar surface area (TPSA) is 404 Å². The minimum Gasteiger partial charge on any atom is -0.381 e. The van der Waals surface area contributed by atoms with Gasteiger partial charge in [-0.05, 0) is 137 Å². The number of likely N-dealkylation sites (tertiary alicyclic amines) is 1. The van der Waals surface area contributed by atoms with Crippen molar-refractivity contribution < 1.29 is 44.7 Å². The summed E-state index contributed by atoms with van der Waals surface area (Å²) in [6, 6.07) is 27.0. The Kier molecular flexibility index (Phi) is 27.0. The van der Waals surface area contributed by atoms with E-state index in [-0.39, 0.29) is 35.3 Å². The van der Waals surface area contributed by atoms with E-state index in [0.717, 1.165) is 107 Å². The molecule has 2 aliphatic heterocycles. The Morgan fingerprint density at radius 1 is 0.421 bits per heavy atom. The number of hydrogen-bond acceptors (Lipinski definition) is 27. The maximum absolute atomic E-state index is 14.1. The normalized spacial score (nSPS) is 15.2. The Bertz CT molecular complexity index is 5610. The molecule has 0 bridgehead atoms. The zero-order valence-electron chi connectivity index (χ0n) is 67.7. The number of piperidine rings is 1. The number of ether oxygens (including phenoxy) is 1. The summed E-state index contributed by atoms with van der Waals surface area (Å²) in [5.74, 6) is 1.76. The van der Waals surface area contributed by atoms with Gasteiger partial charge in [-0.3, -0.25) is 18.8 Å². The Morgan fingerprint density at radius 3 is 1.15 bits per heavy atom. The van der Waals surface area contributed by atoms with Crippen molar-refractivity contribution in [2.24, 2.45) is 0 Å². The number of nitrogen functional groups attached to an aromatic ring is 4. The number of benzene rings is 4. The van der Waals surface area contributed by atoms with Crippen LogP contribution in [0.1, 0.15) is 185 Å². The van der Waals surface area contributed by atoms with Crippen LogP contribution in [-0.4, -0.2) is 123 Å². The van der Waals surface area contributed by atoms with Gasteiger partial charge in [0.2, 0.25) is 29.7 Å². The molecule has 4 aromatic carbocycles. The van der Waals surface area contributed by atoms with E-state index < -0.39 is 70.7 Å². The summed E-state index contributed by atoms with van der Waals surface area (Å²) in [6.07, 6.45) is 10.3. The lowest BCUT2D eigenvalue weighted by Crippen LogP contribution is -2.32. The Balaban J connectivity index is 0.000000139. The molecule has 0 spiro atoms. The number of anilines is 16. The Labute approximate surface area is 691 Å². The van der Waals surface area contributed by atoms with Crippen molar-refractivity contribution in [1.29, 1.82) is 0 Å². The molecule has 8 aromatic heterocycles. The van der Waals surface area contributed by atoms with E-state index >= 15 is 0 Å². The molecule has 4 atom stereocenters. The minimum atomic E-state index is -0.655. The molecule has 4 aliphatic rings. The maximum atomic E-state index is 14.1. The fourth-order valence-electron chi connectivity index (χ4n) is 14.1. The highest BCUT2D eigenvalue weighted by Crippen LogP contribution is 2.43. The van der Waals surface area contributed by atoms with Crippen LogP contribution in [0.5, 0.6) is 0 Å². The van der Waals surface area contributed by atoms with E-state index in [1.807, 2.05) is 46.7 Å². The molecular formula is C82H95F8N29O2. The summed E-state index contributed by atoms with van der Waals surface area (Å²) in [7, 11) is 2.13. The van der Waals surface area contributed by atoms with Crippen LogP contribution in [0.3, 0.4) is 0 Å². The lowest BCUT2D eigenvalue weighted by atomic mass is 10.1. The van der Waals surface area contributed by atoms with E-state index in [4.69, 9.17) is 32.8 Å². The van der Waals surface area contributed by atoms with Crippen LogP contribution in [0.15, 0.2) is 128 Å². The molecule has 16 rings (SSSR count). The molecule has 2 saturated carbocycles. The van der Waals surface area contributed by atoms with Crippen molar-refractivity contribution in [2.75, 3.05) is 98.8 Å². The summed E-state index contributed by atoms with van der Waals surface area (Å²) in [4.78, 5) is 47.5. The first-order valence-electron chi connectivity index (χ1n) is 39.6. The van der Waals surface area contributed by atoms with Crippen molar-refractivity contribution in [3.63, 3.8) is 0 Å². The van der Waals surface area contributed by atoms with E-state index in [1.54, 1.807) is 52.0 Å². The standard InChI is InChI=1S/C22H28F2N8.C20H21F2N7O.C20H23F2N7O.C20H23F2N7/c1-13-10-21(30-32(13)16-6-8-31(3)9-7-16)27-20-12-19(28-22(25)29-20)26-14(2)17-5-4-15(23)11-18(17)24;1-10(14-6-5-13(21)7-15(14)22)24-17-9-18(27-20(23)26-17)25-19-8-16(12-3-4-12)29(28-19)11(2)30;1-12(15-3-2-13(21)10-16(15)22)24-18-11-19(27-20(23)26-18)25-17-4-7-29(28-17)14-5-8-30-9-6-14;1-3-29-16(12-4-5-12)9-19(28-29)25-18-10-17(26-20(23)27-18)24-11(2)14-7-6-13(21)8-15(14)22/h4-5,10-12,14,16H,6-9H2,1-3H3,(H4,25,26,27,28,29,30);5-10,12H,3-4H2,1-2H3,(H4,23,24,25,26,27,28);2-4,7,10-12,14H,5-6,8-9H2,1H3,(H4,23,24,25,26,27,28);6-12H,3-5H2,1-2H3,(H4,23,24,25,26,27,28). The highest BCUT2D eigenvalue weighted by molar-refractivity contribution is 5.77. The lowest BCUT2D eigenvalue weighted by Gasteiger charge is -2.29. The highest BCUT2D eigenvalue weighted by Gasteiger charge is 2.31. The number of carbonyl (C=O) groups is 1. The van der Waals surface area contributed by atoms with Gasteiger partial charge < -0.3 is 75.1 Å². The third-order valence-electron chi connectivity index (χ3n) is 20.4. The SMILES string of the molecule is CC(=O)n1nc(Nc2cc(NC(C)c3ccc(F)cc3F)nc(N)n2)cc1C1CC1.CC(Nc1cc(Nc2ccn(C3CCOCC3)n2)nc(N)n1)c1ccc(F)cc1F.CCn1nc(Nc2cc(NC(C)c3ccc(F)cc3F)nc(N)n2)cc1C1CC1.Cc1cc(Nc2cc(NC(C)c3ccc(F)cc3F)nc(N)n2)nn1C1CCN(C)CC1. The van der Waals surface area contributed by atoms with Crippen molar-refractivity contribution in [1.82, 2.24) is 83.9 Å². The molecule has 0 amide bonds. The van der Waals surface area contributed by atoms with Crippen LogP contribution >= 0.6 is 0 Å². The number of nitrogens with one attached hydrogen (secondary N) is 8. The summed E-state index contributed by atoms with van der Waals surface area (Å²) < 4.78 is 122. The van der Waals surface area contributed by atoms with Gasteiger partial charge in [-0.25, -0.2) is 39.8 Å². The van der Waals surface area contributed by atoms with Crippen LogP contribution in [0, 0.1) is 53.5 Å². The highest BCUT2D eigenvalue weighted by atomic mass is 19.2. The van der Waals surface area contributed by atoms with Crippen molar-refractivity contribution in [3.05, 3.63) is 213 Å². The molecule has 16 N–H and O–H groups in total. The van der Waals surface area contributed by atoms with Crippen molar-refractivity contribution in [2.45, 2.75) is 154 Å². The fraction of sp³-hybridized carbons (Fsp3) is 0.354. The third kappa shape index (κ3) is 22.9. The summed E-state index contributed by atoms with van der Waals surface area (Å²) in [5, 5.41) is 42.9. The van der Waals surface area contributed by atoms with Crippen LogP contribution in [0.4, 0.5) is 129 Å². The molecule has 2 aliphatic carbocycles. The van der Waals surface area contributed by atoms with Crippen LogP contribution < -0.4 is 65.5 Å². The van der Waals surface area contributed by atoms with Gasteiger partial charge in [-0.15, -0.1) is 5.10 Å². The van der Waals surface area contributed by atoms with E-state index in [1.165, 1.54) is 78.7 Å². The zero-order chi connectivity index (χ0) is 85.9. The van der Waals surface area contributed by atoms with Gasteiger partial charge >= 0.3 is 0 Å². The van der Waals surface area contributed by atoms with Gasteiger partial charge in [-0.2, -0.15) is 55.2 Å². The van der Waals surface area contributed by atoms with Crippen LogP contribution in [0.2, 0.25) is 0 Å². The first kappa shape index (κ1) is 85.5. The molecule has 31 nitrogen and oxygen atoms in total. The minimum absolute atomic E-state index is 0.00250. The van der Waals surface area contributed by atoms with Crippen LogP contribution in [0.25, 0.3) is 0 Å². The van der Waals surface area contributed by atoms with E-state index in [2.05, 4.69) is 121 Å². The molecule has 0 radical (unpaired) electrons. The van der Waals surface area contributed by atoms with Gasteiger partial charge in [0.1, 0.15) is 93.1 Å². The summed E-state index contributed by atoms with van der Waals surface area (Å²) in [5.41, 5.74) is 27.8. The lowest BCUT2D eigenvalue weighted by molar-refractivity contribution is 0.0663. The molecule has 636 valence electrons. The summed E-state index contributed by atoms with van der Waals surface area (Å²) in [6.45, 7) is 16.9. The molecule has 4 unspecified atom stereocenters. The summed E-state index contributed by atoms with van der Waals surface area (Å²) >= 11 is 0. The monoisotopic (exact) mass is 1670 g/mol. The fourth-order valence-corrected chi connectivity index (χ4v) is 14.1. The zero-order valence-corrected chi connectivity index (χ0v) is 67.7. The second-order valence-electron chi connectivity index (χ2n) is 30.0. The molecule has 39 heteroatoms. The van der Waals surface area contributed by atoms with E-state index in [0.29, 0.717) is 110 Å². The number of nitrogens with zero attached hydrogens (tertiary/aromatic N) is 17. The van der Waals surface area contributed by atoms with Gasteiger partial charge in [0, 0.05) is 151 Å². The van der Waals surface area contributed by atoms with Gasteiger partial charge in [0.25, 0.3) is 0 Å². The average molecular weight is 1670 g/mol. The number of nitrogens with two attached hydrogens (primary N) is 4. The molecule has 12 aromatic rings. The number of hydrogen-bond donors (Lipinski definition) is 12. The average Bonchev–Trinajstić information content (AvgIpc) is 1.67. The smallest absolute Gasteiger partial charge is 0.244 e. The predicted octanol–water partition coefficient (Wildman–Crippen LogP) is 16.2. The van der Waals surface area contributed by atoms with Gasteiger partial charge in [-0.1, -0.05) is 24.3 Å². The second-order valence-corrected chi connectivity index (χ2v) is 30.0. The number of halogens is 8. The van der Waals surface area contributed by atoms with E-state index in [9.17, 15) is 39.9 Å². The Hall–Kier alpha value is -13.3. The van der Waals surface area contributed by atoms with Crippen molar-refractivity contribution in [3.8, 4) is 0 Å². The molecule has 10 heterocycles. The third-order valence-corrected chi connectivity index (χ3v) is 20.4. The number of aryl methyl sites for hydroxylation is 2. The quantitative estimate of drug-likeness (QED) is 0.0236. The van der Waals surface area contributed by atoms with Gasteiger partial charge in [0.15, 0.2) is 23.3 Å². The first-order chi connectivity index (χ1) is 58.0. The van der Waals surface area contributed by atoms with Crippen molar-refractivity contribution >= 4 is 99.5 Å². The first-order valence-corrected chi connectivity index (χ1v) is 39.6. The molecule has 4 fully saturated rings. The maximum Gasteiger partial charge on any atom is 0.244 e. The number of aromatic nitrogens is 16. The van der Waals surface area contributed by atoms with Crippen LogP contribution in [-0.2, 0) is 11.3 Å². The predicted molar refractivity (Wildman–Crippen MR) is 447 cm³/mol. The Morgan fingerprint density at radius 2 is 0.777 bits per heavy atom. The molecular weight excluding hydrogens is 1580 g/mol. The molecule has 121 heavy (non-hydrogen) atoms. The number of rotatable bonds is 25.